The first kappa shape index (κ1) is 12.6. The van der Waals surface area contributed by atoms with Crippen LogP contribution in [0, 0.1) is 5.92 Å². The van der Waals surface area contributed by atoms with Gasteiger partial charge < -0.3 is 0 Å². The lowest BCUT2D eigenvalue weighted by Gasteiger charge is -2.23. The molecule has 0 saturated carbocycles. The topological polar surface area (TPSA) is 17.1 Å². The minimum atomic E-state index is -2.91. The molecule has 1 atom stereocenters. The van der Waals surface area contributed by atoms with Crippen LogP contribution in [0.25, 0.3) is 0 Å². The van der Waals surface area contributed by atoms with Gasteiger partial charge in [-0.05, 0) is 40.8 Å². The molecular formula is C11H13BrF2O. The number of rotatable bonds is 3. The molecule has 0 heterocycles. The van der Waals surface area contributed by atoms with E-state index in [-0.39, 0.29) is 11.7 Å². The van der Waals surface area contributed by atoms with Gasteiger partial charge in [-0.25, -0.2) is 0 Å². The molecule has 1 aliphatic carbocycles. The predicted molar refractivity (Wildman–Crippen MR) is 59.1 cm³/mol. The molecule has 0 radical (unpaired) electrons. The highest BCUT2D eigenvalue weighted by atomic mass is 79.9. The van der Waals surface area contributed by atoms with E-state index in [0.717, 1.165) is 5.57 Å². The number of Topliss-reactive ketones (excluding diaryl/α,β-unsaturated/α-hetero) is 1. The van der Waals surface area contributed by atoms with E-state index in [1.165, 1.54) is 0 Å². The van der Waals surface area contributed by atoms with Gasteiger partial charge in [-0.3, -0.25) is 4.79 Å². The first-order valence-corrected chi connectivity index (χ1v) is 5.53. The van der Waals surface area contributed by atoms with Gasteiger partial charge >= 0.3 is 4.83 Å². The monoisotopic (exact) mass is 278 g/mol. The second-order valence-corrected chi connectivity index (χ2v) is 5.06. The summed E-state index contributed by atoms with van der Waals surface area (Å²) in [5.41, 5.74) is 1.17. The van der Waals surface area contributed by atoms with Crippen molar-refractivity contribution in [2.45, 2.75) is 31.0 Å². The average Bonchev–Trinajstić information content (AvgIpc) is 2.06. The normalized spacial score (nSPS) is 22.5. The standard InChI is InChI=1S/C11H13BrF2O/c1-7-3-4-9(5-10(7)15)8(2)6-11(12,13)14/h3,9H,2,4-6H2,1H3/t9-/m0/s1. The fraction of sp³-hybridized carbons (Fsp3) is 0.545. The zero-order valence-corrected chi connectivity index (χ0v) is 10.1. The summed E-state index contributed by atoms with van der Waals surface area (Å²) in [6.07, 6.45) is 2.34. The molecule has 0 aromatic heterocycles. The number of hydrogen-bond donors (Lipinski definition) is 0. The maximum absolute atomic E-state index is 12.7. The van der Waals surface area contributed by atoms with Gasteiger partial charge in [0.15, 0.2) is 5.78 Å². The Hall–Kier alpha value is -0.510. The van der Waals surface area contributed by atoms with Crippen molar-refractivity contribution in [3.63, 3.8) is 0 Å². The Bertz CT molecular complexity index is 315. The first-order chi connectivity index (χ1) is 6.79. The van der Waals surface area contributed by atoms with Crippen molar-refractivity contribution in [1.29, 1.82) is 0 Å². The highest BCUT2D eigenvalue weighted by Crippen LogP contribution is 2.35. The lowest BCUT2D eigenvalue weighted by atomic mass is 9.83. The van der Waals surface area contributed by atoms with Crippen molar-refractivity contribution in [2.75, 3.05) is 0 Å². The minimum Gasteiger partial charge on any atom is -0.295 e. The maximum atomic E-state index is 12.7. The third kappa shape index (κ3) is 3.86. The van der Waals surface area contributed by atoms with Crippen LogP contribution in [0.3, 0.4) is 0 Å². The van der Waals surface area contributed by atoms with Gasteiger partial charge in [-0.1, -0.05) is 18.2 Å². The van der Waals surface area contributed by atoms with E-state index in [4.69, 9.17) is 0 Å². The van der Waals surface area contributed by atoms with Gasteiger partial charge in [0.25, 0.3) is 0 Å². The second-order valence-electron chi connectivity index (χ2n) is 3.90. The Morgan fingerprint density at radius 1 is 1.73 bits per heavy atom. The molecule has 0 unspecified atom stereocenters. The van der Waals surface area contributed by atoms with Crippen LogP contribution in [-0.2, 0) is 4.79 Å². The molecule has 1 nitrogen and oxygen atoms in total. The second kappa shape index (κ2) is 4.56. The lowest BCUT2D eigenvalue weighted by molar-refractivity contribution is -0.116. The molecule has 84 valence electrons. The van der Waals surface area contributed by atoms with Crippen LogP contribution in [0.5, 0.6) is 0 Å². The molecule has 0 aromatic carbocycles. The molecule has 1 aliphatic rings. The maximum Gasteiger partial charge on any atom is 0.305 e. The largest absolute Gasteiger partial charge is 0.305 e. The van der Waals surface area contributed by atoms with Crippen molar-refractivity contribution >= 4 is 21.7 Å². The predicted octanol–water partition coefficient (Wildman–Crippen LogP) is 3.85. The fourth-order valence-electron chi connectivity index (χ4n) is 1.61. The van der Waals surface area contributed by atoms with E-state index >= 15 is 0 Å². The van der Waals surface area contributed by atoms with Crippen molar-refractivity contribution < 1.29 is 13.6 Å². The first-order valence-electron chi connectivity index (χ1n) is 4.74. The zero-order valence-electron chi connectivity index (χ0n) is 8.53. The smallest absolute Gasteiger partial charge is 0.295 e. The lowest BCUT2D eigenvalue weighted by Crippen LogP contribution is -2.18. The number of carbonyl (C=O) groups excluding carboxylic acids is 1. The van der Waals surface area contributed by atoms with E-state index < -0.39 is 11.3 Å². The van der Waals surface area contributed by atoms with Gasteiger partial charge in [0.2, 0.25) is 0 Å². The molecule has 0 N–H and O–H groups in total. The summed E-state index contributed by atoms with van der Waals surface area (Å²) in [7, 11) is 0. The van der Waals surface area contributed by atoms with Crippen molar-refractivity contribution in [3.05, 3.63) is 23.8 Å². The number of ketones is 1. The Kier molecular flexibility index (Phi) is 3.82. The Balaban J connectivity index is 2.61. The number of allylic oxidation sites excluding steroid dienone is 3. The van der Waals surface area contributed by atoms with Crippen LogP contribution in [0.2, 0.25) is 0 Å². The van der Waals surface area contributed by atoms with Crippen LogP contribution < -0.4 is 0 Å². The molecule has 4 heteroatoms. The number of hydrogen-bond acceptors (Lipinski definition) is 1. The third-order valence-corrected chi connectivity index (χ3v) is 2.87. The summed E-state index contributed by atoms with van der Waals surface area (Å²) in [5, 5.41) is 0. The molecule has 0 aliphatic heterocycles. The highest BCUT2D eigenvalue weighted by molar-refractivity contribution is 9.10. The molecule has 0 saturated heterocycles. The van der Waals surface area contributed by atoms with Crippen molar-refractivity contribution in [3.8, 4) is 0 Å². The SMILES string of the molecule is C=C(CC(F)(F)Br)[C@H]1CC=C(C)C(=O)C1. The summed E-state index contributed by atoms with van der Waals surface area (Å²) in [6, 6.07) is 0. The number of halogens is 3. The summed E-state index contributed by atoms with van der Waals surface area (Å²) >= 11 is 2.28. The van der Waals surface area contributed by atoms with Gasteiger partial charge in [0.05, 0.1) is 0 Å². The molecule has 0 aromatic rings. The minimum absolute atomic E-state index is 0.0327. The number of carbonyl (C=O) groups is 1. The van der Waals surface area contributed by atoms with Gasteiger partial charge in [0, 0.05) is 12.8 Å². The van der Waals surface area contributed by atoms with Crippen LogP contribution in [-0.4, -0.2) is 10.6 Å². The summed E-state index contributed by atoms with van der Waals surface area (Å²) < 4.78 is 25.3. The highest BCUT2D eigenvalue weighted by Gasteiger charge is 2.30. The van der Waals surface area contributed by atoms with Crippen molar-refractivity contribution in [1.82, 2.24) is 0 Å². The van der Waals surface area contributed by atoms with E-state index in [1.807, 2.05) is 0 Å². The van der Waals surface area contributed by atoms with E-state index in [9.17, 15) is 13.6 Å². The number of alkyl halides is 3. The summed E-state index contributed by atoms with van der Waals surface area (Å²) in [4.78, 5) is 8.45. The fourth-order valence-corrected chi connectivity index (χ4v) is 1.97. The van der Waals surface area contributed by atoms with Gasteiger partial charge in [-0.2, -0.15) is 8.78 Å². The average molecular weight is 279 g/mol. The van der Waals surface area contributed by atoms with Crippen LogP contribution in [0.4, 0.5) is 8.78 Å². The third-order valence-electron chi connectivity index (χ3n) is 2.59. The quantitative estimate of drug-likeness (QED) is 0.566. The summed E-state index contributed by atoms with van der Waals surface area (Å²) in [5.74, 6) is -0.102. The van der Waals surface area contributed by atoms with E-state index in [1.54, 1.807) is 13.0 Å². The van der Waals surface area contributed by atoms with Gasteiger partial charge in [0.1, 0.15) is 0 Å². The van der Waals surface area contributed by atoms with Crippen LogP contribution in [0.1, 0.15) is 26.2 Å². The molecular weight excluding hydrogens is 266 g/mol. The Labute approximate surface area is 96.4 Å². The van der Waals surface area contributed by atoms with Gasteiger partial charge in [-0.15, -0.1) is 0 Å². The molecule has 0 bridgehead atoms. The molecule has 0 fully saturated rings. The van der Waals surface area contributed by atoms with Crippen molar-refractivity contribution in [2.24, 2.45) is 5.92 Å². The zero-order chi connectivity index (χ0) is 11.6. The molecule has 15 heavy (non-hydrogen) atoms. The summed E-state index contributed by atoms with van der Waals surface area (Å²) in [6.45, 7) is 5.38. The molecule has 1 rings (SSSR count). The Morgan fingerprint density at radius 3 is 2.80 bits per heavy atom. The van der Waals surface area contributed by atoms with Crippen LogP contribution in [0.15, 0.2) is 23.8 Å². The molecule has 0 spiro atoms. The Morgan fingerprint density at radius 2 is 2.33 bits per heavy atom. The molecule has 0 amide bonds. The van der Waals surface area contributed by atoms with Crippen LogP contribution >= 0.6 is 15.9 Å². The van der Waals surface area contributed by atoms with E-state index in [0.29, 0.717) is 18.4 Å². The van der Waals surface area contributed by atoms with E-state index in [2.05, 4.69) is 22.5 Å².